The maximum Gasteiger partial charge on any atom is 0.317 e. The lowest BCUT2D eigenvalue weighted by Crippen LogP contribution is -2.52. The average Bonchev–Trinajstić information content (AvgIpc) is 3.43. The monoisotopic (exact) mass is 317 g/mol. The minimum absolute atomic E-state index is 0.0555. The van der Waals surface area contributed by atoms with Gasteiger partial charge >= 0.3 is 6.03 Å². The molecule has 1 heterocycles. The van der Waals surface area contributed by atoms with Gasteiger partial charge in [-0.3, -0.25) is 0 Å². The Morgan fingerprint density at radius 1 is 1.13 bits per heavy atom. The smallest absolute Gasteiger partial charge is 0.317 e. The molecule has 1 aromatic rings. The van der Waals surface area contributed by atoms with E-state index in [1.165, 1.54) is 18.5 Å². The van der Waals surface area contributed by atoms with Gasteiger partial charge < -0.3 is 19.9 Å². The van der Waals surface area contributed by atoms with Crippen LogP contribution >= 0.6 is 0 Å². The molecule has 2 aliphatic rings. The first-order chi connectivity index (χ1) is 11.3. The predicted octanol–water partition coefficient (Wildman–Crippen LogP) is 2.33. The topological polar surface area (TPSA) is 44.8 Å². The van der Waals surface area contributed by atoms with E-state index < -0.39 is 0 Å². The number of carbonyl (C=O) groups excluding carboxylic acids is 1. The van der Waals surface area contributed by atoms with Crippen molar-refractivity contribution in [2.45, 2.75) is 19.3 Å². The van der Waals surface area contributed by atoms with Crippen LogP contribution in [0.1, 0.15) is 19.3 Å². The molecule has 0 aromatic heterocycles. The summed E-state index contributed by atoms with van der Waals surface area (Å²) in [5.74, 6) is 0.811. The number of para-hydroxylation sites is 1. The summed E-state index contributed by atoms with van der Waals surface area (Å²) >= 11 is 0. The van der Waals surface area contributed by atoms with Crippen LogP contribution in [0.2, 0.25) is 0 Å². The Morgan fingerprint density at radius 2 is 1.87 bits per heavy atom. The number of piperazine rings is 1. The fourth-order valence-electron chi connectivity index (χ4n) is 2.82. The van der Waals surface area contributed by atoms with Crippen molar-refractivity contribution >= 4 is 11.7 Å². The van der Waals surface area contributed by atoms with Crippen LogP contribution in [-0.2, 0) is 4.74 Å². The molecule has 1 aliphatic heterocycles. The van der Waals surface area contributed by atoms with Crippen molar-refractivity contribution in [1.29, 1.82) is 0 Å². The molecule has 1 N–H and O–H groups in total. The summed E-state index contributed by atoms with van der Waals surface area (Å²) in [6.07, 6.45) is 3.54. The van der Waals surface area contributed by atoms with Crippen molar-refractivity contribution in [3.63, 3.8) is 0 Å². The molecule has 126 valence electrons. The summed E-state index contributed by atoms with van der Waals surface area (Å²) in [7, 11) is 0. The first kappa shape index (κ1) is 16.1. The van der Waals surface area contributed by atoms with Gasteiger partial charge in [0.2, 0.25) is 0 Å². The second-order valence-corrected chi connectivity index (χ2v) is 6.41. The number of anilines is 1. The van der Waals surface area contributed by atoms with Crippen molar-refractivity contribution in [3.8, 4) is 0 Å². The number of nitrogens with one attached hydrogen (secondary N) is 1. The van der Waals surface area contributed by atoms with E-state index in [1.54, 1.807) is 0 Å². The van der Waals surface area contributed by atoms with Gasteiger partial charge in [0.15, 0.2) is 0 Å². The van der Waals surface area contributed by atoms with Gasteiger partial charge in [0.1, 0.15) is 0 Å². The van der Waals surface area contributed by atoms with Crippen LogP contribution in [-0.4, -0.2) is 56.9 Å². The molecule has 5 nitrogen and oxygen atoms in total. The van der Waals surface area contributed by atoms with Crippen LogP contribution in [0.3, 0.4) is 0 Å². The van der Waals surface area contributed by atoms with Gasteiger partial charge in [0.05, 0.1) is 0 Å². The zero-order valence-corrected chi connectivity index (χ0v) is 13.7. The van der Waals surface area contributed by atoms with E-state index in [0.29, 0.717) is 6.54 Å². The summed E-state index contributed by atoms with van der Waals surface area (Å²) in [5.41, 5.74) is 1.24. The summed E-state index contributed by atoms with van der Waals surface area (Å²) in [4.78, 5) is 16.4. The van der Waals surface area contributed by atoms with E-state index in [1.807, 2.05) is 11.0 Å². The Balaban J connectivity index is 1.28. The molecule has 0 bridgehead atoms. The van der Waals surface area contributed by atoms with Gasteiger partial charge in [-0.15, -0.1) is 0 Å². The molecule has 0 radical (unpaired) electrons. The van der Waals surface area contributed by atoms with Crippen molar-refractivity contribution in [2.24, 2.45) is 5.92 Å². The second-order valence-electron chi connectivity index (χ2n) is 6.41. The summed E-state index contributed by atoms with van der Waals surface area (Å²) in [5, 5.41) is 3.00. The highest BCUT2D eigenvalue weighted by molar-refractivity contribution is 5.74. The lowest BCUT2D eigenvalue weighted by molar-refractivity contribution is 0.121. The number of hydrogen-bond acceptors (Lipinski definition) is 3. The summed E-state index contributed by atoms with van der Waals surface area (Å²) in [6, 6.07) is 10.4. The molecule has 5 heteroatoms. The number of nitrogens with zero attached hydrogens (tertiary/aromatic N) is 2. The molecular weight excluding hydrogens is 290 g/mol. The predicted molar refractivity (Wildman–Crippen MR) is 91.8 cm³/mol. The van der Waals surface area contributed by atoms with Gasteiger partial charge in [-0.1, -0.05) is 18.2 Å². The molecule has 0 spiro atoms. The number of carbonyl (C=O) groups is 1. The number of amides is 2. The number of benzene rings is 1. The van der Waals surface area contributed by atoms with Crippen LogP contribution in [0.15, 0.2) is 30.3 Å². The first-order valence-electron chi connectivity index (χ1n) is 8.73. The lowest BCUT2D eigenvalue weighted by Gasteiger charge is -2.36. The van der Waals surface area contributed by atoms with E-state index in [9.17, 15) is 4.79 Å². The van der Waals surface area contributed by atoms with Crippen LogP contribution in [0.4, 0.5) is 10.5 Å². The average molecular weight is 317 g/mol. The van der Waals surface area contributed by atoms with Crippen molar-refractivity contribution in [1.82, 2.24) is 10.2 Å². The number of hydrogen-bond donors (Lipinski definition) is 1. The SMILES string of the molecule is O=C(NCCCOCC1CC1)N1CCN(c2ccccc2)CC1. The molecule has 3 rings (SSSR count). The molecule has 1 saturated heterocycles. The largest absolute Gasteiger partial charge is 0.381 e. The van der Waals surface area contributed by atoms with Crippen LogP contribution in [0.5, 0.6) is 0 Å². The Morgan fingerprint density at radius 3 is 2.57 bits per heavy atom. The van der Waals surface area contributed by atoms with Crippen molar-refractivity contribution in [2.75, 3.05) is 50.8 Å². The van der Waals surface area contributed by atoms with Crippen LogP contribution < -0.4 is 10.2 Å². The Labute approximate surface area is 138 Å². The fraction of sp³-hybridized carbons (Fsp3) is 0.611. The highest BCUT2D eigenvalue weighted by Crippen LogP contribution is 2.28. The third-order valence-corrected chi connectivity index (χ3v) is 4.48. The van der Waals surface area contributed by atoms with E-state index >= 15 is 0 Å². The van der Waals surface area contributed by atoms with E-state index in [-0.39, 0.29) is 6.03 Å². The third kappa shape index (κ3) is 5.13. The third-order valence-electron chi connectivity index (χ3n) is 4.48. The van der Waals surface area contributed by atoms with Gasteiger partial charge in [-0.05, 0) is 37.3 Å². The highest BCUT2D eigenvalue weighted by Gasteiger charge is 2.22. The Bertz CT molecular complexity index is 482. The molecular formula is C18H27N3O2. The summed E-state index contributed by atoms with van der Waals surface area (Å²) < 4.78 is 5.58. The minimum atomic E-state index is 0.0555. The number of ether oxygens (including phenoxy) is 1. The molecule has 1 aliphatic carbocycles. The second kappa shape index (κ2) is 8.20. The van der Waals surface area contributed by atoms with Crippen molar-refractivity contribution in [3.05, 3.63) is 30.3 Å². The van der Waals surface area contributed by atoms with Crippen molar-refractivity contribution < 1.29 is 9.53 Å². The fourth-order valence-corrected chi connectivity index (χ4v) is 2.82. The quantitative estimate of drug-likeness (QED) is 0.785. The standard InChI is InChI=1S/C18H27N3O2/c22-18(19-9-4-14-23-15-16-7-8-16)21-12-10-20(11-13-21)17-5-2-1-3-6-17/h1-3,5-6,16H,4,7-15H2,(H,19,22). The maximum atomic E-state index is 12.1. The molecule has 2 fully saturated rings. The molecule has 2 amide bonds. The van der Waals surface area contributed by atoms with Crippen LogP contribution in [0, 0.1) is 5.92 Å². The van der Waals surface area contributed by atoms with Gasteiger partial charge in [0, 0.05) is 51.6 Å². The zero-order chi connectivity index (χ0) is 15.9. The van der Waals surface area contributed by atoms with E-state index in [2.05, 4.69) is 34.5 Å². The molecule has 1 aromatic carbocycles. The van der Waals surface area contributed by atoms with Crippen LogP contribution in [0.25, 0.3) is 0 Å². The Hall–Kier alpha value is -1.75. The van der Waals surface area contributed by atoms with Gasteiger partial charge in [0.25, 0.3) is 0 Å². The number of rotatable bonds is 7. The van der Waals surface area contributed by atoms with Gasteiger partial charge in [-0.25, -0.2) is 4.79 Å². The lowest BCUT2D eigenvalue weighted by atomic mass is 10.2. The first-order valence-corrected chi connectivity index (χ1v) is 8.73. The van der Waals surface area contributed by atoms with Gasteiger partial charge in [-0.2, -0.15) is 0 Å². The zero-order valence-electron chi connectivity index (χ0n) is 13.7. The molecule has 23 heavy (non-hydrogen) atoms. The maximum absolute atomic E-state index is 12.1. The summed E-state index contributed by atoms with van der Waals surface area (Å²) in [6.45, 7) is 5.68. The minimum Gasteiger partial charge on any atom is -0.381 e. The van der Waals surface area contributed by atoms with E-state index in [0.717, 1.165) is 51.7 Å². The normalized spacial score (nSPS) is 18.1. The molecule has 1 saturated carbocycles. The molecule has 0 atom stereocenters. The Kier molecular flexibility index (Phi) is 5.75. The molecule has 0 unspecified atom stereocenters. The highest BCUT2D eigenvalue weighted by atomic mass is 16.5. The number of urea groups is 1. The van der Waals surface area contributed by atoms with E-state index in [4.69, 9.17) is 4.74 Å².